The molecular formula is C20H16FN3. The molecule has 0 atom stereocenters. The van der Waals surface area contributed by atoms with Crippen LogP contribution in [-0.2, 0) is 13.0 Å². The number of aromatic nitrogens is 3. The van der Waals surface area contributed by atoms with Gasteiger partial charge in [0.25, 0.3) is 0 Å². The second-order valence-electron chi connectivity index (χ2n) is 5.71. The SMILES string of the molecule is Fc1ccccc1Cc1nc2cccnc2n1Cc1ccccc1. The molecule has 118 valence electrons. The highest BCUT2D eigenvalue weighted by Crippen LogP contribution is 2.19. The van der Waals surface area contributed by atoms with Gasteiger partial charge in [-0.2, -0.15) is 0 Å². The minimum Gasteiger partial charge on any atom is -0.308 e. The summed E-state index contributed by atoms with van der Waals surface area (Å²) in [5.41, 5.74) is 3.46. The van der Waals surface area contributed by atoms with Crippen molar-refractivity contribution in [1.82, 2.24) is 14.5 Å². The molecule has 0 radical (unpaired) electrons. The van der Waals surface area contributed by atoms with Crippen LogP contribution in [0.25, 0.3) is 11.2 Å². The molecule has 0 bridgehead atoms. The Morgan fingerprint density at radius 2 is 1.67 bits per heavy atom. The van der Waals surface area contributed by atoms with E-state index >= 15 is 0 Å². The molecule has 0 aliphatic rings. The van der Waals surface area contributed by atoms with Crippen molar-refractivity contribution in [1.29, 1.82) is 0 Å². The van der Waals surface area contributed by atoms with Gasteiger partial charge in [0, 0.05) is 12.6 Å². The van der Waals surface area contributed by atoms with E-state index in [1.165, 1.54) is 6.07 Å². The number of hydrogen-bond acceptors (Lipinski definition) is 2. The van der Waals surface area contributed by atoms with Gasteiger partial charge in [0.05, 0.1) is 6.54 Å². The third-order valence-corrected chi connectivity index (χ3v) is 4.07. The van der Waals surface area contributed by atoms with Crippen LogP contribution in [0.2, 0.25) is 0 Å². The monoisotopic (exact) mass is 317 g/mol. The molecule has 0 fully saturated rings. The van der Waals surface area contributed by atoms with Gasteiger partial charge in [-0.15, -0.1) is 0 Å². The van der Waals surface area contributed by atoms with Gasteiger partial charge >= 0.3 is 0 Å². The fourth-order valence-electron chi connectivity index (χ4n) is 2.88. The minimum absolute atomic E-state index is 0.205. The standard InChI is InChI=1S/C20H16FN3/c21-17-10-5-4-9-16(17)13-19-23-18-11-6-12-22-20(18)24(19)14-15-7-2-1-3-8-15/h1-12H,13-14H2. The average molecular weight is 317 g/mol. The maximum Gasteiger partial charge on any atom is 0.160 e. The molecule has 4 aromatic rings. The third kappa shape index (κ3) is 2.78. The van der Waals surface area contributed by atoms with Crippen LogP contribution < -0.4 is 0 Å². The van der Waals surface area contributed by atoms with Crippen molar-refractivity contribution in [3.05, 3.63) is 95.7 Å². The molecule has 0 saturated heterocycles. The van der Waals surface area contributed by atoms with Crippen LogP contribution in [0.15, 0.2) is 72.9 Å². The van der Waals surface area contributed by atoms with Crippen LogP contribution in [0.1, 0.15) is 17.0 Å². The summed E-state index contributed by atoms with van der Waals surface area (Å²) in [6.07, 6.45) is 2.20. The summed E-state index contributed by atoms with van der Waals surface area (Å²) in [5, 5.41) is 0. The first-order valence-electron chi connectivity index (χ1n) is 7.89. The summed E-state index contributed by atoms with van der Waals surface area (Å²) in [6, 6.07) is 20.8. The lowest BCUT2D eigenvalue weighted by Crippen LogP contribution is -2.07. The molecule has 24 heavy (non-hydrogen) atoms. The van der Waals surface area contributed by atoms with Gasteiger partial charge in [0.1, 0.15) is 17.2 Å². The zero-order valence-electron chi connectivity index (χ0n) is 13.1. The molecule has 0 amide bonds. The number of imidazole rings is 1. The summed E-state index contributed by atoms with van der Waals surface area (Å²) < 4.78 is 16.1. The Labute approximate surface area is 139 Å². The number of fused-ring (bicyclic) bond motifs is 1. The van der Waals surface area contributed by atoms with Crippen LogP contribution in [0.4, 0.5) is 4.39 Å². The van der Waals surface area contributed by atoms with E-state index in [1.807, 2.05) is 36.4 Å². The number of benzene rings is 2. The lowest BCUT2D eigenvalue weighted by Gasteiger charge is -2.09. The van der Waals surface area contributed by atoms with Gasteiger partial charge in [-0.1, -0.05) is 48.5 Å². The Bertz CT molecular complexity index is 977. The quantitative estimate of drug-likeness (QED) is 0.564. The van der Waals surface area contributed by atoms with Crippen molar-refractivity contribution in [2.24, 2.45) is 0 Å². The maximum atomic E-state index is 14.0. The van der Waals surface area contributed by atoms with E-state index in [0.29, 0.717) is 18.5 Å². The van der Waals surface area contributed by atoms with Gasteiger partial charge in [-0.3, -0.25) is 0 Å². The molecule has 4 rings (SSSR count). The van der Waals surface area contributed by atoms with Gasteiger partial charge in [-0.05, 0) is 29.3 Å². The molecule has 0 N–H and O–H groups in total. The highest BCUT2D eigenvalue weighted by Gasteiger charge is 2.14. The van der Waals surface area contributed by atoms with Crippen molar-refractivity contribution in [2.45, 2.75) is 13.0 Å². The first-order chi connectivity index (χ1) is 11.8. The Kier molecular flexibility index (Phi) is 3.79. The number of hydrogen-bond donors (Lipinski definition) is 0. The fraction of sp³-hybridized carbons (Fsp3) is 0.100. The van der Waals surface area contributed by atoms with E-state index in [2.05, 4.69) is 26.7 Å². The van der Waals surface area contributed by atoms with E-state index in [4.69, 9.17) is 0 Å². The molecular weight excluding hydrogens is 301 g/mol. The van der Waals surface area contributed by atoms with Crippen molar-refractivity contribution in [3.63, 3.8) is 0 Å². The van der Waals surface area contributed by atoms with Gasteiger partial charge in [0.2, 0.25) is 0 Å². The Morgan fingerprint density at radius 1 is 0.875 bits per heavy atom. The topological polar surface area (TPSA) is 30.7 Å². The lowest BCUT2D eigenvalue weighted by molar-refractivity contribution is 0.609. The number of nitrogens with zero attached hydrogens (tertiary/aromatic N) is 3. The van der Waals surface area contributed by atoms with Crippen molar-refractivity contribution in [3.8, 4) is 0 Å². The molecule has 2 aromatic carbocycles. The van der Waals surface area contributed by atoms with Crippen molar-refractivity contribution in [2.75, 3.05) is 0 Å². The minimum atomic E-state index is -0.205. The largest absolute Gasteiger partial charge is 0.308 e. The molecule has 0 aliphatic carbocycles. The molecule has 0 unspecified atom stereocenters. The zero-order chi connectivity index (χ0) is 16.4. The van der Waals surface area contributed by atoms with Crippen molar-refractivity contribution >= 4 is 11.2 Å². The molecule has 2 heterocycles. The van der Waals surface area contributed by atoms with Crippen LogP contribution >= 0.6 is 0 Å². The lowest BCUT2D eigenvalue weighted by atomic mass is 10.1. The van der Waals surface area contributed by atoms with Crippen LogP contribution in [0.3, 0.4) is 0 Å². The van der Waals surface area contributed by atoms with E-state index in [-0.39, 0.29) is 5.82 Å². The second kappa shape index (κ2) is 6.24. The maximum absolute atomic E-state index is 14.0. The molecule has 3 nitrogen and oxygen atoms in total. The fourth-order valence-corrected chi connectivity index (χ4v) is 2.88. The highest BCUT2D eigenvalue weighted by atomic mass is 19.1. The summed E-state index contributed by atoms with van der Waals surface area (Å²) in [4.78, 5) is 9.15. The van der Waals surface area contributed by atoms with Gasteiger partial charge in [0.15, 0.2) is 5.65 Å². The third-order valence-electron chi connectivity index (χ3n) is 4.07. The van der Waals surface area contributed by atoms with Crippen molar-refractivity contribution < 1.29 is 4.39 Å². The zero-order valence-corrected chi connectivity index (χ0v) is 13.1. The summed E-state index contributed by atoms with van der Waals surface area (Å²) in [6.45, 7) is 0.665. The van der Waals surface area contributed by atoms with Gasteiger partial charge < -0.3 is 4.57 Å². The first kappa shape index (κ1) is 14.6. The molecule has 2 aromatic heterocycles. The summed E-state index contributed by atoms with van der Waals surface area (Å²) in [5.74, 6) is 0.612. The predicted molar refractivity (Wildman–Crippen MR) is 92.3 cm³/mol. The smallest absolute Gasteiger partial charge is 0.160 e. The summed E-state index contributed by atoms with van der Waals surface area (Å²) >= 11 is 0. The predicted octanol–water partition coefficient (Wildman–Crippen LogP) is 4.21. The molecule has 0 saturated carbocycles. The Morgan fingerprint density at radius 3 is 2.50 bits per heavy atom. The first-order valence-corrected chi connectivity index (χ1v) is 7.89. The molecule has 0 aliphatic heterocycles. The number of rotatable bonds is 4. The van der Waals surface area contributed by atoms with E-state index in [9.17, 15) is 4.39 Å². The highest BCUT2D eigenvalue weighted by molar-refractivity contribution is 5.71. The Balaban J connectivity index is 1.79. The van der Waals surface area contributed by atoms with Crippen LogP contribution in [0, 0.1) is 5.82 Å². The normalized spacial score (nSPS) is 11.0. The van der Waals surface area contributed by atoms with Crippen LogP contribution in [-0.4, -0.2) is 14.5 Å². The van der Waals surface area contributed by atoms with Gasteiger partial charge in [-0.25, -0.2) is 14.4 Å². The molecule has 0 spiro atoms. The van der Waals surface area contributed by atoms with E-state index in [0.717, 1.165) is 22.6 Å². The van der Waals surface area contributed by atoms with Crippen LogP contribution in [0.5, 0.6) is 0 Å². The molecule has 4 heteroatoms. The number of halogens is 1. The second-order valence-corrected chi connectivity index (χ2v) is 5.71. The average Bonchev–Trinajstić information content (AvgIpc) is 2.95. The summed E-state index contributed by atoms with van der Waals surface area (Å²) in [7, 11) is 0. The number of pyridine rings is 1. The van der Waals surface area contributed by atoms with E-state index < -0.39 is 0 Å². The van der Waals surface area contributed by atoms with E-state index in [1.54, 1.807) is 18.3 Å². The Hall–Kier alpha value is -3.01.